The molecule has 4 rings (SSSR count). The van der Waals surface area contributed by atoms with Crippen LogP contribution in [-0.4, -0.2) is 33.4 Å². The molecule has 0 atom stereocenters. The van der Waals surface area contributed by atoms with Crippen LogP contribution in [0.1, 0.15) is 5.76 Å². The summed E-state index contributed by atoms with van der Waals surface area (Å²) in [5.74, 6) is 0.0143. The van der Waals surface area contributed by atoms with Gasteiger partial charge in [0.25, 0.3) is 0 Å². The molecule has 2 N–H and O–H groups in total. The fourth-order valence-corrected chi connectivity index (χ4v) is 4.16. The topological polar surface area (TPSA) is 118 Å². The molecule has 0 saturated carbocycles. The van der Waals surface area contributed by atoms with E-state index >= 15 is 0 Å². The minimum absolute atomic E-state index is 0.00347. The van der Waals surface area contributed by atoms with Crippen LogP contribution in [0.15, 0.2) is 76.2 Å². The van der Waals surface area contributed by atoms with Gasteiger partial charge in [-0.2, -0.15) is 0 Å². The highest BCUT2D eigenvalue weighted by molar-refractivity contribution is 7.89. The van der Waals surface area contributed by atoms with Gasteiger partial charge in [-0.3, -0.25) is 4.79 Å². The Morgan fingerprint density at radius 2 is 1.90 bits per heavy atom. The van der Waals surface area contributed by atoms with Crippen molar-refractivity contribution in [1.29, 1.82) is 0 Å². The van der Waals surface area contributed by atoms with Crippen molar-refractivity contribution in [3.05, 3.63) is 72.7 Å². The zero-order chi connectivity index (χ0) is 21.8. The summed E-state index contributed by atoms with van der Waals surface area (Å²) in [7, 11) is -3.80. The van der Waals surface area contributed by atoms with Gasteiger partial charge in [0.05, 0.1) is 29.9 Å². The highest BCUT2D eigenvalue weighted by Crippen LogP contribution is 2.31. The number of rotatable bonds is 7. The average molecular weight is 441 g/mol. The largest absolute Gasteiger partial charge is 0.468 e. The molecule has 0 aliphatic carbocycles. The van der Waals surface area contributed by atoms with Gasteiger partial charge in [0, 0.05) is 5.69 Å². The molecule has 0 spiro atoms. The van der Waals surface area contributed by atoms with Crippen LogP contribution in [0.25, 0.3) is 0 Å². The van der Waals surface area contributed by atoms with Crippen molar-refractivity contribution in [2.24, 2.45) is 0 Å². The first-order valence-electron chi connectivity index (χ1n) is 9.37. The number of esters is 1. The van der Waals surface area contributed by atoms with Crippen molar-refractivity contribution < 1.29 is 27.2 Å². The number of nitrogens with zero attached hydrogens (tertiary/aromatic N) is 1. The molecule has 2 heterocycles. The van der Waals surface area contributed by atoms with E-state index in [0.717, 1.165) is 0 Å². The number of amides is 1. The zero-order valence-electron chi connectivity index (χ0n) is 16.3. The highest BCUT2D eigenvalue weighted by Gasteiger charge is 2.25. The Bertz CT molecular complexity index is 1210. The normalized spacial score (nSPS) is 13.4. The monoisotopic (exact) mass is 441 g/mol. The Balaban J connectivity index is 1.43. The number of hydrogen-bond acceptors (Lipinski definition) is 7. The quantitative estimate of drug-likeness (QED) is 0.426. The van der Waals surface area contributed by atoms with E-state index in [1.807, 2.05) is 0 Å². The van der Waals surface area contributed by atoms with Gasteiger partial charge in [-0.25, -0.2) is 17.9 Å². The maximum Gasteiger partial charge on any atom is 0.331 e. The second-order valence-electron chi connectivity index (χ2n) is 6.78. The standard InChI is InChI=1S/C21H19N3O6S/c25-20(13-24-14-21(26)30-19-9-2-1-8-18(19)24)23-15-5-3-7-17(11-15)31(27,28)22-12-16-6-4-10-29-16/h1-11,22H,12-14H2,(H,23,25). The number of fused-ring (bicyclic) bond motifs is 1. The maximum atomic E-state index is 12.6. The van der Waals surface area contributed by atoms with E-state index < -0.39 is 21.9 Å². The third kappa shape index (κ3) is 4.93. The highest BCUT2D eigenvalue weighted by atomic mass is 32.2. The van der Waals surface area contributed by atoms with E-state index in [2.05, 4.69) is 10.0 Å². The van der Waals surface area contributed by atoms with Crippen molar-refractivity contribution in [3.8, 4) is 5.75 Å². The molecule has 0 unspecified atom stereocenters. The van der Waals surface area contributed by atoms with E-state index in [-0.39, 0.29) is 24.5 Å². The molecule has 1 aliphatic rings. The number of ether oxygens (including phenoxy) is 1. The average Bonchev–Trinajstić information content (AvgIpc) is 3.26. The Kier molecular flexibility index (Phi) is 5.74. The van der Waals surface area contributed by atoms with E-state index in [4.69, 9.17) is 9.15 Å². The number of furan rings is 1. The number of para-hydroxylation sites is 2. The summed E-state index contributed by atoms with van der Waals surface area (Å²) < 4.78 is 37.8. The molecule has 1 aliphatic heterocycles. The summed E-state index contributed by atoms with van der Waals surface area (Å²) in [5.41, 5.74) is 0.953. The predicted molar refractivity (Wildman–Crippen MR) is 112 cm³/mol. The van der Waals surface area contributed by atoms with Crippen LogP contribution in [0.5, 0.6) is 5.75 Å². The molecule has 9 nitrogen and oxygen atoms in total. The smallest absolute Gasteiger partial charge is 0.331 e. The maximum absolute atomic E-state index is 12.6. The molecule has 31 heavy (non-hydrogen) atoms. The van der Waals surface area contributed by atoms with Crippen molar-refractivity contribution in [2.45, 2.75) is 11.4 Å². The van der Waals surface area contributed by atoms with E-state index in [9.17, 15) is 18.0 Å². The van der Waals surface area contributed by atoms with Gasteiger partial charge in [0.15, 0.2) is 5.75 Å². The Morgan fingerprint density at radius 3 is 2.71 bits per heavy atom. The summed E-state index contributed by atoms with van der Waals surface area (Å²) in [6.07, 6.45) is 1.46. The van der Waals surface area contributed by atoms with Gasteiger partial charge in [-0.1, -0.05) is 18.2 Å². The van der Waals surface area contributed by atoms with Crippen molar-refractivity contribution in [2.75, 3.05) is 23.3 Å². The lowest BCUT2D eigenvalue weighted by Gasteiger charge is -2.29. The van der Waals surface area contributed by atoms with Gasteiger partial charge in [-0.05, 0) is 42.5 Å². The minimum atomic E-state index is -3.80. The van der Waals surface area contributed by atoms with E-state index in [1.165, 1.54) is 24.5 Å². The minimum Gasteiger partial charge on any atom is -0.468 e. The Hall–Kier alpha value is -3.63. The lowest BCUT2D eigenvalue weighted by molar-refractivity contribution is -0.133. The lowest BCUT2D eigenvalue weighted by atomic mass is 10.2. The summed E-state index contributed by atoms with van der Waals surface area (Å²) in [5, 5.41) is 2.67. The molecule has 160 valence electrons. The van der Waals surface area contributed by atoms with Crippen LogP contribution in [0.4, 0.5) is 11.4 Å². The third-order valence-corrected chi connectivity index (χ3v) is 5.93. The van der Waals surface area contributed by atoms with Crippen LogP contribution in [0.3, 0.4) is 0 Å². The third-order valence-electron chi connectivity index (χ3n) is 4.53. The molecule has 2 aromatic carbocycles. The molecule has 0 bridgehead atoms. The molecule has 0 fully saturated rings. The summed E-state index contributed by atoms with van der Waals surface area (Å²) in [6.45, 7) is -0.147. The van der Waals surface area contributed by atoms with Crippen molar-refractivity contribution in [1.82, 2.24) is 4.72 Å². The molecule has 0 radical (unpaired) electrons. The summed E-state index contributed by atoms with van der Waals surface area (Å²) in [6, 6.07) is 16.2. The van der Waals surface area contributed by atoms with E-state index in [1.54, 1.807) is 47.4 Å². The fraction of sp³-hybridized carbons (Fsp3) is 0.143. The van der Waals surface area contributed by atoms with Crippen molar-refractivity contribution in [3.63, 3.8) is 0 Å². The number of benzene rings is 2. The first-order valence-corrected chi connectivity index (χ1v) is 10.9. The van der Waals surface area contributed by atoms with E-state index in [0.29, 0.717) is 22.9 Å². The summed E-state index contributed by atoms with van der Waals surface area (Å²) in [4.78, 5) is 26.0. The first-order chi connectivity index (χ1) is 14.9. The molecule has 1 aromatic heterocycles. The van der Waals surface area contributed by atoms with Gasteiger partial charge >= 0.3 is 5.97 Å². The number of sulfonamides is 1. The Morgan fingerprint density at radius 1 is 1.06 bits per heavy atom. The SMILES string of the molecule is O=C(CN1CC(=O)Oc2ccccc21)Nc1cccc(S(=O)(=O)NCc2ccco2)c1. The lowest BCUT2D eigenvalue weighted by Crippen LogP contribution is -2.41. The van der Waals surface area contributed by atoms with Crippen LogP contribution in [0, 0.1) is 0 Å². The van der Waals surface area contributed by atoms with Crippen LogP contribution < -0.4 is 19.7 Å². The Labute approximate surface area is 178 Å². The molecular formula is C21H19N3O6S. The fourth-order valence-electron chi connectivity index (χ4n) is 3.12. The van der Waals surface area contributed by atoms with Gasteiger partial charge in [0.2, 0.25) is 15.9 Å². The second-order valence-corrected chi connectivity index (χ2v) is 8.54. The molecule has 0 saturated heterocycles. The van der Waals surface area contributed by atoms with Crippen LogP contribution in [0.2, 0.25) is 0 Å². The molecule has 10 heteroatoms. The number of anilines is 2. The van der Waals surface area contributed by atoms with Gasteiger partial charge < -0.3 is 19.4 Å². The molecular weight excluding hydrogens is 422 g/mol. The molecule has 3 aromatic rings. The number of nitrogens with one attached hydrogen (secondary N) is 2. The van der Waals surface area contributed by atoms with Crippen molar-refractivity contribution >= 4 is 33.3 Å². The first kappa shape index (κ1) is 20.6. The molecule has 1 amide bonds. The second kappa shape index (κ2) is 8.62. The zero-order valence-corrected chi connectivity index (χ0v) is 17.1. The number of hydrogen-bond donors (Lipinski definition) is 2. The van der Waals surface area contributed by atoms with Crippen LogP contribution in [-0.2, 0) is 26.2 Å². The number of carbonyl (C=O) groups is 2. The van der Waals surface area contributed by atoms with Gasteiger partial charge in [-0.15, -0.1) is 0 Å². The van der Waals surface area contributed by atoms with Gasteiger partial charge in [0.1, 0.15) is 12.3 Å². The predicted octanol–water partition coefficient (Wildman–Crippen LogP) is 2.12. The van der Waals surface area contributed by atoms with Crippen LogP contribution >= 0.6 is 0 Å². The summed E-state index contributed by atoms with van der Waals surface area (Å²) >= 11 is 0. The number of carbonyl (C=O) groups excluding carboxylic acids is 2.